The van der Waals surface area contributed by atoms with Gasteiger partial charge in [0.25, 0.3) is 0 Å². The van der Waals surface area contributed by atoms with Gasteiger partial charge in [-0.15, -0.1) is 22.7 Å². The summed E-state index contributed by atoms with van der Waals surface area (Å²) in [5.74, 6) is 0. The lowest BCUT2D eigenvalue weighted by atomic mass is 10.0. The number of nitrogens with zero attached hydrogens (tertiary/aromatic N) is 1. The van der Waals surface area contributed by atoms with Crippen LogP contribution in [0.4, 0.5) is 17.1 Å². The van der Waals surface area contributed by atoms with Crippen LogP contribution in [0.15, 0.2) is 115 Å². The fraction of sp³-hybridized carbons (Fsp3) is 0.0286. The van der Waals surface area contributed by atoms with Crippen molar-refractivity contribution in [3.8, 4) is 11.1 Å². The molecule has 1 atom stereocenters. The van der Waals surface area contributed by atoms with Crippen molar-refractivity contribution in [3.63, 3.8) is 0 Å². The van der Waals surface area contributed by atoms with Crippen LogP contribution in [-0.4, -0.2) is 7.05 Å². The number of benzene rings is 6. The minimum Gasteiger partial charge on any atom is -0.228 e. The number of hydrogen-bond donors (Lipinski definition) is 0. The standard InChI is InChI=1S/C35H22NS2/c1-36(23-14-15-26-24-10-4-6-12-32(24)37-34(26)18-23)30-17-22-9-3-2-8-21(22)16-27(30)28-20-35-29(19-31(28)36)25-11-5-7-13-33(25)38-35/h2-20H,1H3/q+1. The summed E-state index contributed by atoms with van der Waals surface area (Å²) < 4.78 is 6.07. The molecule has 1 unspecified atom stereocenters. The Labute approximate surface area is 228 Å². The molecule has 0 radical (unpaired) electrons. The first kappa shape index (κ1) is 21.0. The van der Waals surface area contributed by atoms with Crippen LogP contribution < -0.4 is 4.48 Å². The molecule has 1 nitrogen and oxygen atoms in total. The minimum atomic E-state index is 0.666. The molecule has 9 rings (SSSR count). The van der Waals surface area contributed by atoms with Gasteiger partial charge in [-0.2, -0.15) is 0 Å². The van der Waals surface area contributed by atoms with Gasteiger partial charge in [-0.05, 0) is 41.1 Å². The van der Waals surface area contributed by atoms with Crippen molar-refractivity contribution in [1.82, 2.24) is 4.48 Å². The molecule has 8 aromatic rings. The highest BCUT2D eigenvalue weighted by Gasteiger charge is 2.43. The number of hydrogen-bond acceptors (Lipinski definition) is 2. The minimum absolute atomic E-state index is 0.666. The highest BCUT2D eigenvalue weighted by atomic mass is 32.1. The first-order valence-electron chi connectivity index (χ1n) is 13.0. The molecule has 0 aliphatic carbocycles. The average molecular weight is 521 g/mol. The van der Waals surface area contributed by atoms with Crippen LogP contribution in [0.5, 0.6) is 0 Å². The smallest absolute Gasteiger partial charge is 0.151 e. The molecule has 0 saturated carbocycles. The molecule has 3 heteroatoms. The molecule has 0 amide bonds. The lowest BCUT2D eigenvalue weighted by molar-refractivity contribution is 0.645. The molecule has 0 N–H and O–H groups in total. The van der Waals surface area contributed by atoms with E-state index in [2.05, 4.69) is 122 Å². The predicted molar refractivity (Wildman–Crippen MR) is 169 cm³/mol. The third-order valence-corrected chi connectivity index (χ3v) is 10.8. The van der Waals surface area contributed by atoms with Gasteiger partial charge in [0.1, 0.15) is 5.69 Å². The first-order chi connectivity index (χ1) is 18.7. The van der Waals surface area contributed by atoms with Gasteiger partial charge in [-0.25, -0.2) is 4.48 Å². The van der Waals surface area contributed by atoms with Gasteiger partial charge >= 0.3 is 0 Å². The molecule has 38 heavy (non-hydrogen) atoms. The Balaban J connectivity index is 1.40. The van der Waals surface area contributed by atoms with Gasteiger partial charge in [0.2, 0.25) is 0 Å². The zero-order chi connectivity index (χ0) is 25.0. The van der Waals surface area contributed by atoms with Gasteiger partial charge in [-0.1, -0.05) is 60.7 Å². The summed E-state index contributed by atoms with van der Waals surface area (Å²) in [4.78, 5) is 0. The fourth-order valence-electron chi connectivity index (χ4n) is 6.56. The van der Waals surface area contributed by atoms with Crippen LogP contribution in [-0.2, 0) is 0 Å². The average Bonchev–Trinajstić information content (AvgIpc) is 3.59. The van der Waals surface area contributed by atoms with Crippen LogP contribution in [0.1, 0.15) is 0 Å². The third-order valence-electron chi connectivity index (χ3n) is 8.49. The predicted octanol–water partition coefficient (Wildman–Crippen LogP) is 11.2. The van der Waals surface area contributed by atoms with Gasteiger partial charge in [-0.3, -0.25) is 0 Å². The van der Waals surface area contributed by atoms with E-state index in [0.717, 1.165) is 0 Å². The summed E-state index contributed by atoms with van der Waals surface area (Å²) in [6, 6.07) is 43.2. The van der Waals surface area contributed by atoms with Crippen molar-refractivity contribution in [2.45, 2.75) is 0 Å². The van der Waals surface area contributed by atoms with Gasteiger partial charge < -0.3 is 0 Å². The third kappa shape index (κ3) is 2.63. The molecular formula is C35H22NS2+. The van der Waals surface area contributed by atoms with E-state index >= 15 is 0 Å². The molecule has 1 aliphatic heterocycles. The van der Waals surface area contributed by atoms with Crippen LogP contribution in [0, 0.1) is 0 Å². The van der Waals surface area contributed by atoms with Crippen LogP contribution in [0.3, 0.4) is 0 Å². The van der Waals surface area contributed by atoms with E-state index in [1.807, 2.05) is 22.7 Å². The zero-order valence-electron chi connectivity index (χ0n) is 20.7. The summed E-state index contributed by atoms with van der Waals surface area (Å²) in [5.41, 5.74) is 6.70. The number of fused-ring (bicyclic) bond motifs is 10. The summed E-state index contributed by atoms with van der Waals surface area (Å²) in [6.07, 6.45) is 0. The van der Waals surface area contributed by atoms with Crippen LogP contribution >= 0.6 is 22.7 Å². The van der Waals surface area contributed by atoms with E-state index in [9.17, 15) is 0 Å². The monoisotopic (exact) mass is 520 g/mol. The molecule has 1 aliphatic rings. The Morgan fingerprint density at radius 1 is 0.447 bits per heavy atom. The molecule has 178 valence electrons. The van der Waals surface area contributed by atoms with Crippen molar-refractivity contribution in [2.75, 3.05) is 7.05 Å². The number of thiophene rings is 2. The largest absolute Gasteiger partial charge is 0.228 e. The lowest BCUT2D eigenvalue weighted by Crippen LogP contribution is -2.31. The van der Waals surface area contributed by atoms with Crippen molar-refractivity contribution in [1.29, 1.82) is 0 Å². The Hall–Kier alpha value is -4.02. The van der Waals surface area contributed by atoms with Crippen LogP contribution in [0.25, 0.3) is 62.2 Å². The van der Waals surface area contributed by atoms with Crippen molar-refractivity contribution >= 4 is 90.9 Å². The first-order valence-corrected chi connectivity index (χ1v) is 14.6. The highest BCUT2D eigenvalue weighted by Crippen LogP contribution is 2.59. The second-order valence-corrected chi connectivity index (χ2v) is 12.6. The Morgan fingerprint density at radius 3 is 1.76 bits per heavy atom. The van der Waals surface area contributed by atoms with Gasteiger partial charge in [0.15, 0.2) is 11.4 Å². The lowest BCUT2D eigenvalue weighted by Gasteiger charge is -2.30. The van der Waals surface area contributed by atoms with Gasteiger partial charge in [0, 0.05) is 64.6 Å². The van der Waals surface area contributed by atoms with Crippen molar-refractivity contribution in [2.24, 2.45) is 0 Å². The fourth-order valence-corrected chi connectivity index (χ4v) is 8.83. The molecule has 3 heterocycles. The zero-order valence-corrected chi connectivity index (χ0v) is 22.4. The van der Waals surface area contributed by atoms with E-state index in [1.165, 1.54) is 79.3 Å². The molecule has 0 spiro atoms. The maximum absolute atomic E-state index is 2.48. The van der Waals surface area contributed by atoms with Crippen molar-refractivity contribution < 1.29 is 0 Å². The second kappa shape index (κ2) is 7.30. The molecular weight excluding hydrogens is 499 g/mol. The summed E-state index contributed by atoms with van der Waals surface area (Å²) in [6.45, 7) is 0. The normalized spacial score (nSPS) is 16.7. The topological polar surface area (TPSA) is 0 Å². The number of quaternary nitrogens is 1. The van der Waals surface area contributed by atoms with E-state index < -0.39 is 0 Å². The quantitative estimate of drug-likeness (QED) is 0.189. The highest BCUT2D eigenvalue weighted by molar-refractivity contribution is 7.26. The van der Waals surface area contributed by atoms with Gasteiger partial charge in [0.05, 0.1) is 18.2 Å². The summed E-state index contributed by atoms with van der Waals surface area (Å²) in [7, 11) is 2.38. The van der Waals surface area contributed by atoms with E-state index in [-0.39, 0.29) is 0 Å². The molecule has 0 fully saturated rings. The number of rotatable bonds is 1. The Bertz CT molecular complexity index is 2270. The molecule has 0 saturated heterocycles. The van der Waals surface area contributed by atoms with Crippen molar-refractivity contribution in [3.05, 3.63) is 115 Å². The summed E-state index contributed by atoms with van der Waals surface area (Å²) in [5, 5.41) is 7.98. The maximum atomic E-state index is 2.48. The SMILES string of the molecule is C[N+]1(c2ccc3c(c2)sc2ccccc23)c2cc3ccccc3cc2-c2cc3sc4ccccc4c3cc21. The van der Waals surface area contributed by atoms with E-state index in [0.29, 0.717) is 4.48 Å². The second-order valence-electron chi connectivity index (χ2n) is 10.5. The molecule has 0 bridgehead atoms. The van der Waals surface area contributed by atoms with E-state index in [1.54, 1.807) is 0 Å². The van der Waals surface area contributed by atoms with E-state index in [4.69, 9.17) is 0 Å². The molecule has 2 aromatic heterocycles. The Morgan fingerprint density at radius 2 is 1.00 bits per heavy atom. The molecule has 6 aromatic carbocycles. The Kier molecular flexibility index (Phi) is 4.03. The summed E-state index contributed by atoms with van der Waals surface area (Å²) >= 11 is 3.80. The maximum Gasteiger partial charge on any atom is 0.151 e. The van der Waals surface area contributed by atoms with Crippen LogP contribution in [0.2, 0.25) is 0 Å².